The summed E-state index contributed by atoms with van der Waals surface area (Å²) in [6.07, 6.45) is 1.65. The number of hydrogen-bond donors (Lipinski definition) is 1. The van der Waals surface area contributed by atoms with Gasteiger partial charge in [0.15, 0.2) is 0 Å². The van der Waals surface area contributed by atoms with Crippen LogP contribution in [0.3, 0.4) is 0 Å². The van der Waals surface area contributed by atoms with Crippen LogP contribution in [0.5, 0.6) is 0 Å². The van der Waals surface area contributed by atoms with Crippen molar-refractivity contribution in [2.45, 2.75) is 0 Å². The van der Waals surface area contributed by atoms with E-state index in [4.69, 9.17) is 5.41 Å². The maximum atomic E-state index is 13.8. The molecule has 4 nitrogen and oxygen atoms in total. The second-order valence-electron chi connectivity index (χ2n) is 5.11. The molecule has 22 heavy (non-hydrogen) atoms. The van der Waals surface area contributed by atoms with Gasteiger partial charge in [-0.05, 0) is 24.3 Å². The Kier molecular flexibility index (Phi) is 4.00. The summed E-state index contributed by atoms with van der Waals surface area (Å²) in [5.74, 6) is -0.754. The molecule has 0 spiro atoms. The lowest BCUT2D eigenvalue weighted by Gasteiger charge is -2.37. The van der Waals surface area contributed by atoms with Gasteiger partial charge in [0, 0.05) is 32.4 Å². The molecule has 2 aromatic rings. The van der Waals surface area contributed by atoms with Gasteiger partial charge >= 0.3 is 0 Å². The number of para-hydroxylation sites is 1. The zero-order valence-electron chi connectivity index (χ0n) is 12.0. The fourth-order valence-electron chi connectivity index (χ4n) is 2.61. The smallest absolute Gasteiger partial charge is 0.149 e. The van der Waals surface area contributed by atoms with Gasteiger partial charge in [-0.25, -0.2) is 8.78 Å². The minimum atomic E-state index is -0.548. The molecule has 0 radical (unpaired) electrons. The third-order valence-corrected chi connectivity index (χ3v) is 3.76. The summed E-state index contributed by atoms with van der Waals surface area (Å²) in [7, 11) is 0. The number of aromatic nitrogens is 1. The molecule has 1 saturated heterocycles. The summed E-state index contributed by atoms with van der Waals surface area (Å²) >= 11 is 0. The van der Waals surface area contributed by atoms with E-state index in [-0.39, 0.29) is 5.69 Å². The van der Waals surface area contributed by atoms with Crippen LogP contribution in [0, 0.1) is 17.0 Å². The highest BCUT2D eigenvalue weighted by Gasteiger charge is 2.24. The minimum Gasteiger partial charge on any atom is -0.363 e. The summed E-state index contributed by atoms with van der Waals surface area (Å²) in [5.41, 5.74) is 0.625. The van der Waals surface area contributed by atoms with Gasteiger partial charge in [0.1, 0.15) is 28.9 Å². The van der Waals surface area contributed by atoms with Crippen molar-refractivity contribution in [1.29, 1.82) is 5.41 Å². The van der Waals surface area contributed by atoms with Crippen molar-refractivity contribution in [1.82, 2.24) is 9.88 Å². The van der Waals surface area contributed by atoms with E-state index in [0.29, 0.717) is 37.7 Å². The molecule has 0 amide bonds. The molecule has 0 saturated carbocycles. The van der Waals surface area contributed by atoms with E-state index in [9.17, 15) is 8.78 Å². The van der Waals surface area contributed by atoms with E-state index < -0.39 is 11.6 Å². The van der Waals surface area contributed by atoms with Gasteiger partial charge in [-0.3, -0.25) is 10.4 Å². The van der Waals surface area contributed by atoms with Gasteiger partial charge in [-0.2, -0.15) is 0 Å². The number of piperazine rings is 1. The molecule has 1 aliphatic rings. The van der Waals surface area contributed by atoms with Crippen molar-refractivity contribution in [3.05, 3.63) is 59.9 Å². The van der Waals surface area contributed by atoms with Crippen LogP contribution in [0.1, 0.15) is 5.69 Å². The van der Waals surface area contributed by atoms with Crippen LogP contribution in [0.2, 0.25) is 0 Å². The Hall–Kier alpha value is -2.50. The van der Waals surface area contributed by atoms with E-state index in [2.05, 4.69) is 4.98 Å². The van der Waals surface area contributed by atoms with Gasteiger partial charge < -0.3 is 9.80 Å². The first-order chi connectivity index (χ1) is 10.7. The number of nitrogens with one attached hydrogen (secondary N) is 1. The summed E-state index contributed by atoms with van der Waals surface area (Å²) in [6, 6.07) is 9.31. The lowest BCUT2D eigenvalue weighted by atomic mass is 10.2. The third kappa shape index (κ3) is 2.77. The maximum absolute atomic E-state index is 13.8. The van der Waals surface area contributed by atoms with Crippen LogP contribution < -0.4 is 4.90 Å². The monoisotopic (exact) mass is 302 g/mol. The van der Waals surface area contributed by atoms with Gasteiger partial charge in [0.25, 0.3) is 0 Å². The number of hydrogen-bond acceptors (Lipinski definition) is 3. The molecule has 0 bridgehead atoms. The second kappa shape index (κ2) is 6.09. The van der Waals surface area contributed by atoms with Crippen LogP contribution in [-0.2, 0) is 0 Å². The molecule has 1 aromatic carbocycles. The molecular formula is C16H16F2N4. The Morgan fingerprint density at radius 1 is 0.955 bits per heavy atom. The molecular weight excluding hydrogens is 286 g/mol. The first-order valence-electron chi connectivity index (χ1n) is 7.10. The SMILES string of the molecule is N=C(c1ccccn1)N1CCN(c2c(F)cccc2F)CC1. The molecule has 2 heterocycles. The van der Waals surface area contributed by atoms with Gasteiger partial charge in [-0.15, -0.1) is 0 Å². The molecule has 114 valence electrons. The Labute approximate surface area is 127 Å². The highest BCUT2D eigenvalue weighted by Crippen LogP contribution is 2.24. The predicted octanol–water partition coefficient (Wildman–Crippen LogP) is 2.51. The van der Waals surface area contributed by atoms with Crippen molar-refractivity contribution in [3.8, 4) is 0 Å². The Morgan fingerprint density at radius 2 is 1.64 bits per heavy atom. The van der Waals surface area contributed by atoms with Crippen LogP contribution >= 0.6 is 0 Å². The van der Waals surface area contributed by atoms with Gasteiger partial charge in [-0.1, -0.05) is 12.1 Å². The first kappa shape index (κ1) is 14.4. The van der Waals surface area contributed by atoms with Crippen LogP contribution in [0.4, 0.5) is 14.5 Å². The van der Waals surface area contributed by atoms with Crippen molar-refractivity contribution < 1.29 is 8.78 Å². The molecule has 1 aromatic heterocycles. The zero-order valence-corrected chi connectivity index (χ0v) is 12.0. The zero-order chi connectivity index (χ0) is 15.5. The van der Waals surface area contributed by atoms with Crippen molar-refractivity contribution in [3.63, 3.8) is 0 Å². The summed E-state index contributed by atoms with van der Waals surface area (Å²) < 4.78 is 27.6. The standard InChI is InChI=1S/C16H16F2N4/c17-12-4-3-5-13(18)15(12)21-8-10-22(11-9-21)16(19)14-6-1-2-7-20-14/h1-7,19H,8-11H2. The van der Waals surface area contributed by atoms with Crippen LogP contribution in [0.25, 0.3) is 0 Å². The predicted molar refractivity (Wildman–Crippen MR) is 81.2 cm³/mol. The van der Waals surface area contributed by atoms with E-state index in [0.717, 1.165) is 0 Å². The Bertz CT molecular complexity index is 647. The van der Waals surface area contributed by atoms with Crippen molar-refractivity contribution in [2.24, 2.45) is 0 Å². The molecule has 1 aliphatic heterocycles. The molecule has 0 aliphatic carbocycles. The molecule has 6 heteroatoms. The fraction of sp³-hybridized carbons (Fsp3) is 0.250. The highest BCUT2D eigenvalue weighted by atomic mass is 19.1. The highest BCUT2D eigenvalue weighted by molar-refractivity contribution is 5.94. The lowest BCUT2D eigenvalue weighted by molar-refractivity contribution is 0.379. The number of nitrogens with zero attached hydrogens (tertiary/aromatic N) is 3. The molecule has 1 fully saturated rings. The maximum Gasteiger partial charge on any atom is 0.149 e. The second-order valence-corrected chi connectivity index (χ2v) is 5.11. The minimum absolute atomic E-state index is 0.0199. The normalized spacial score (nSPS) is 15.0. The first-order valence-corrected chi connectivity index (χ1v) is 7.10. The molecule has 0 atom stereocenters. The lowest BCUT2D eigenvalue weighted by Crippen LogP contribution is -2.49. The topological polar surface area (TPSA) is 43.2 Å². The van der Waals surface area contributed by atoms with E-state index in [1.54, 1.807) is 23.2 Å². The number of anilines is 1. The number of pyridine rings is 1. The molecule has 3 rings (SSSR count). The van der Waals surface area contributed by atoms with Gasteiger partial charge in [0.2, 0.25) is 0 Å². The average molecular weight is 302 g/mol. The van der Waals surface area contributed by atoms with Crippen molar-refractivity contribution in [2.75, 3.05) is 31.1 Å². The summed E-state index contributed by atoms with van der Waals surface area (Å²) in [4.78, 5) is 7.72. The summed E-state index contributed by atoms with van der Waals surface area (Å²) in [6.45, 7) is 1.99. The fourth-order valence-corrected chi connectivity index (χ4v) is 2.61. The number of benzene rings is 1. The Morgan fingerprint density at radius 3 is 2.23 bits per heavy atom. The number of amidine groups is 1. The van der Waals surface area contributed by atoms with Gasteiger partial charge in [0.05, 0.1) is 0 Å². The van der Waals surface area contributed by atoms with Crippen LogP contribution in [0.15, 0.2) is 42.6 Å². The molecule has 0 unspecified atom stereocenters. The quantitative estimate of drug-likeness (QED) is 0.685. The third-order valence-electron chi connectivity index (χ3n) is 3.76. The number of rotatable bonds is 2. The number of halogens is 2. The Balaban J connectivity index is 1.69. The average Bonchev–Trinajstić information content (AvgIpc) is 2.55. The summed E-state index contributed by atoms with van der Waals surface area (Å²) in [5, 5.41) is 8.18. The van der Waals surface area contributed by atoms with Crippen molar-refractivity contribution >= 4 is 11.5 Å². The molecule has 1 N–H and O–H groups in total. The largest absolute Gasteiger partial charge is 0.363 e. The van der Waals surface area contributed by atoms with E-state index >= 15 is 0 Å². The van der Waals surface area contributed by atoms with E-state index in [1.165, 1.54) is 18.2 Å². The van der Waals surface area contributed by atoms with Crippen LogP contribution in [-0.4, -0.2) is 41.9 Å². The van der Waals surface area contributed by atoms with E-state index in [1.807, 2.05) is 11.0 Å².